The second kappa shape index (κ2) is 13.1. The van der Waals surface area contributed by atoms with Crippen LogP contribution in [0.25, 0.3) is 16.6 Å². The van der Waals surface area contributed by atoms with Crippen LogP contribution >= 0.6 is 0 Å². The highest BCUT2D eigenvalue weighted by Gasteiger charge is 2.29. The van der Waals surface area contributed by atoms with Crippen molar-refractivity contribution in [3.05, 3.63) is 71.7 Å². The summed E-state index contributed by atoms with van der Waals surface area (Å²) in [5.41, 5.74) is 8.62. The molecule has 4 N–H and O–H groups in total. The molecule has 2 fully saturated rings. The van der Waals surface area contributed by atoms with Gasteiger partial charge in [-0.25, -0.2) is 27.5 Å². The monoisotopic (exact) mass is 622 g/mol. The van der Waals surface area contributed by atoms with Crippen molar-refractivity contribution in [2.45, 2.75) is 25.4 Å². The van der Waals surface area contributed by atoms with E-state index in [2.05, 4.69) is 25.6 Å². The van der Waals surface area contributed by atoms with Crippen molar-refractivity contribution < 1.29 is 27.5 Å². The van der Waals surface area contributed by atoms with Gasteiger partial charge in [0.25, 0.3) is 0 Å². The third-order valence-corrected chi connectivity index (χ3v) is 8.30. The number of anilines is 3. The topological polar surface area (TPSA) is 130 Å². The maximum atomic E-state index is 15.3. The Kier molecular flexibility index (Phi) is 8.85. The second-order valence-electron chi connectivity index (χ2n) is 11.2. The molecule has 11 nitrogen and oxygen atoms in total. The Balaban J connectivity index is 1.18. The summed E-state index contributed by atoms with van der Waals surface area (Å²) in [6.07, 6.45) is 2.83. The van der Waals surface area contributed by atoms with Crippen LogP contribution < -0.4 is 16.4 Å². The van der Waals surface area contributed by atoms with Crippen LogP contribution in [0.15, 0.2) is 48.8 Å². The van der Waals surface area contributed by atoms with Crippen molar-refractivity contribution in [1.29, 1.82) is 0 Å². The van der Waals surface area contributed by atoms with E-state index >= 15 is 4.39 Å². The molecule has 6 rings (SSSR count). The number of benzene rings is 2. The molecule has 236 valence electrons. The van der Waals surface area contributed by atoms with Crippen LogP contribution in [0.4, 0.5) is 35.2 Å². The predicted molar refractivity (Wildman–Crippen MR) is 162 cm³/mol. The molecular weight excluding hydrogens is 589 g/mol. The number of aromatic nitrogens is 3. The van der Waals surface area contributed by atoms with Crippen molar-refractivity contribution in [2.24, 2.45) is 0 Å². The number of halogens is 3. The standard InChI is InChI=1S/C31H33F3N8O3/c32-16-19-1-3-23(33)26(13-19)39-31(44)38-25-4-2-21(14-24(25)34)22-15-27(42-29(22)30(35)36-18-37-42)20-5-7-41(8-6-20)28(43)17-40-9-11-45-12-10-40/h1-4,13-15,18,20H,5-12,16-17H2,(H2,35,36,37)(H2,38,39,44). The number of likely N-dealkylation sites (tertiary alicyclic amines) is 1. The molecule has 2 aliphatic rings. The Labute approximate surface area is 257 Å². The highest BCUT2D eigenvalue weighted by Crippen LogP contribution is 2.37. The summed E-state index contributed by atoms with van der Waals surface area (Å²) in [5.74, 6) is -1.06. The molecule has 3 amide bonds. The van der Waals surface area contributed by atoms with Crippen molar-refractivity contribution in [3.63, 3.8) is 0 Å². The van der Waals surface area contributed by atoms with Crippen molar-refractivity contribution in [3.8, 4) is 11.1 Å². The van der Waals surface area contributed by atoms with Gasteiger partial charge in [-0.2, -0.15) is 5.10 Å². The number of morpholine rings is 1. The summed E-state index contributed by atoms with van der Waals surface area (Å²) >= 11 is 0. The van der Waals surface area contributed by atoms with Crippen LogP contribution in [-0.4, -0.2) is 82.3 Å². The number of nitrogens with two attached hydrogens (primary N) is 1. The molecule has 4 heterocycles. The smallest absolute Gasteiger partial charge is 0.323 e. The Morgan fingerprint density at radius 2 is 1.71 bits per heavy atom. The minimum Gasteiger partial charge on any atom is -0.382 e. The zero-order chi connectivity index (χ0) is 31.5. The minimum absolute atomic E-state index is 0.0822. The molecule has 0 radical (unpaired) electrons. The Morgan fingerprint density at radius 1 is 0.956 bits per heavy atom. The summed E-state index contributed by atoms with van der Waals surface area (Å²) in [6, 6.07) is 8.79. The van der Waals surface area contributed by atoms with E-state index in [9.17, 15) is 18.4 Å². The van der Waals surface area contributed by atoms with E-state index in [4.69, 9.17) is 10.5 Å². The number of urea groups is 1. The van der Waals surface area contributed by atoms with Crippen LogP contribution in [0.2, 0.25) is 0 Å². The first-order valence-corrected chi connectivity index (χ1v) is 14.7. The number of rotatable bonds is 7. The molecule has 2 aromatic carbocycles. The van der Waals surface area contributed by atoms with E-state index in [0.717, 1.165) is 37.7 Å². The van der Waals surface area contributed by atoms with Gasteiger partial charge < -0.3 is 26.0 Å². The average Bonchev–Trinajstić information content (AvgIpc) is 3.44. The van der Waals surface area contributed by atoms with E-state index in [1.165, 1.54) is 30.6 Å². The number of nitrogens with zero attached hydrogens (tertiary/aromatic N) is 5. The van der Waals surface area contributed by atoms with Crippen LogP contribution in [0.1, 0.15) is 30.0 Å². The molecular formula is C31H33F3N8O3. The maximum Gasteiger partial charge on any atom is 0.323 e. The fourth-order valence-corrected chi connectivity index (χ4v) is 5.89. The van der Waals surface area contributed by atoms with Crippen LogP contribution in [0.3, 0.4) is 0 Å². The zero-order valence-electron chi connectivity index (χ0n) is 24.4. The first-order valence-electron chi connectivity index (χ1n) is 14.7. The number of carbonyl (C=O) groups is 2. The van der Waals surface area contributed by atoms with Crippen molar-refractivity contribution in [2.75, 3.05) is 62.3 Å². The molecule has 0 aliphatic carbocycles. The predicted octanol–water partition coefficient (Wildman–Crippen LogP) is 4.41. The van der Waals surface area contributed by atoms with Crippen LogP contribution in [0.5, 0.6) is 0 Å². The van der Waals surface area contributed by atoms with Gasteiger partial charge in [-0.05, 0) is 54.3 Å². The first kappa shape index (κ1) is 30.3. The lowest BCUT2D eigenvalue weighted by Crippen LogP contribution is -2.46. The molecule has 2 aliphatic heterocycles. The molecule has 45 heavy (non-hydrogen) atoms. The highest BCUT2D eigenvalue weighted by molar-refractivity contribution is 6.00. The molecule has 0 bridgehead atoms. The number of piperidine rings is 1. The van der Waals surface area contributed by atoms with Gasteiger partial charge in [0.15, 0.2) is 5.82 Å². The zero-order valence-corrected chi connectivity index (χ0v) is 24.4. The van der Waals surface area contributed by atoms with Crippen molar-refractivity contribution in [1.82, 2.24) is 24.4 Å². The number of nitrogen functional groups attached to an aromatic ring is 1. The first-order chi connectivity index (χ1) is 21.8. The van der Waals surface area contributed by atoms with Gasteiger partial charge in [0, 0.05) is 43.4 Å². The van der Waals surface area contributed by atoms with Gasteiger partial charge in [-0.1, -0.05) is 12.1 Å². The Bertz CT molecular complexity index is 1720. The summed E-state index contributed by atoms with van der Waals surface area (Å²) in [4.78, 5) is 33.6. The number of hydrogen-bond acceptors (Lipinski definition) is 7. The van der Waals surface area contributed by atoms with E-state index in [-0.39, 0.29) is 34.6 Å². The normalized spacial score (nSPS) is 16.2. The van der Waals surface area contributed by atoms with Gasteiger partial charge >= 0.3 is 6.03 Å². The molecule has 4 aromatic rings. The lowest BCUT2D eigenvalue weighted by molar-refractivity contribution is -0.134. The largest absolute Gasteiger partial charge is 0.382 e. The molecule has 0 spiro atoms. The quantitative estimate of drug-likeness (QED) is 0.279. The number of nitrogens with one attached hydrogen (secondary N) is 2. The Hall–Kier alpha value is -4.69. The lowest BCUT2D eigenvalue weighted by atomic mass is 9.93. The number of ether oxygens (including phenoxy) is 1. The third-order valence-electron chi connectivity index (χ3n) is 8.30. The summed E-state index contributed by atoms with van der Waals surface area (Å²) < 4.78 is 49.4. The van der Waals surface area contributed by atoms with Gasteiger partial charge in [0.2, 0.25) is 5.91 Å². The molecule has 14 heteroatoms. The molecule has 0 saturated carbocycles. The van der Waals surface area contributed by atoms with E-state index < -0.39 is 24.3 Å². The van der Waals surface area contributed by atoms with Crippen molar-refractivity contribution >= 4 is 34.6 Å². The number of fused-ring (bicyclic) bond motifs is 1. The maximum absolute atomic E-state index is 15.3. The molecule has 0 atom stereocenters. The third kappa shape index (κ3) is 6.56. The molecule has 2 saturated heterocycles. The van der Waals surface area contributed by atoms with Gasteiger partial charge in [-0.15, -0.1) is 0 Å². The SMILES string of the molecule is Nc1ncnn2c(C3CCN(C(=O)CN4CCOCC4)CC3)cc(-c3ccc(NC(=O)Nc4cc(CF)ccc4F)c(F)c3)c12. The summed E-state index contributed by atoms with van der Waals surface area (Å²) in [6.45, 7) is 3.56. The lowest BCUT2D eigenvalue weighted by Gasteiger charge is -2.34. The second-order valence-corrected chi connectivity index (χ2v) is 11.2. The molecule has 2 aromatic heterocycles. The number of hydrogen-bond donors (Lipinski definition) is 3. The van der Waals surface area contributed by atoms with E-state index in [0.29, 0.717) is 49.5 Å². The van der Waals surface area contributed by atoms with Crippen LogP contribution in [-0.2, 0) is 16.2 Å². The summed E-state index contributed by atoms with van der Waals surface area (Å²) in [7, 11) is 0. The van der Waals surface area contributed by atoms with Gasteiger partial charge in [0.1, 0.15) is 30.2 Å². The number of amides is 3. The van der Waals surface area contributed by atoms with Gasteiger partial charge in [0.05, 0.1) is 31.1 Å². The summed E-state index contributed by atoms with van der Waals surface area (Å²) in [5, 5.41) is 9.09. The Morgan fingerprint density at radius 3 is 2.44 bits per heavy atom. The van der Waals surface area contributed by atoms with E-state index in [1.54, 1.807) is 10.6 Å². The van der Waals surface area contributed by atoms with Gasteiger partial charge in [-0.3, -0.25) is 9.69 Å². The number of carbonyl (C=O) groups excluding carboxylic acids is 2. The number of alkyl halides is 1. The average molecular weight is 623 g/mol. The molecule has 0 unspecified atom stereocenters. The fourth-order valence-electron chi connectivity index (χ4n) is 5.89. The minimum atomic E-state index is -0.888. The van der Waals surface area contributed by atoms with Crippen LogP contribution in [0, 0.1) is 11.6 Å². The fraction of sp³-hybridized carbons (Fsp3) is 0.355. The van der Waals surface area contributed by atoms with E-state index in [1.807, 2.05) is 11.0 Å². The highest BCUT2D eigenvalue weighted by atomic mass is 19.1.